The van der Waals surface area contributed by atoms with Crippen LogP contribution in [0.3, 0.4) is 0 Å². The van der Waals surface area contributed by atoms with Gasteiger partial charge in [-0.05, 0) is 44.0 Å². The molecule has 0 saturated heterocycles. The minimum Gasteiger partial charge on any atom is -0.373 e. The van der Waals surface area contributed by atoms with E-state index in [2.05, 4.69) is 41.5 Å². The Kier molecular flexibility index (Phi) is 6.37. The topological polar surface area (TPSA) is 28.2 Å². The standard InChI is InChI=1S/C13H23N3S/c1-11(7-8-17-4)16(3)10-12-5-6-13(14-2)15-9-12/h5-6,9,11H,7-8,10H2,1-4H3,(H,14,15). The van der Waals surface area contributed by atoms with Crippen LogP contribution < -0.4 is 5.32 Å². The average molecular weight is 253 g/mol. The van der Waals surface area contributed by atoms with E-state index in [1.54, 1.807) is 0 Å². The van der Waals surface area contributed by atoms with Gasteiger partial charge in [0, 0.05) is 25.8 Å². The fraction of sp³-hybridized carbons (Fsp3) is 0.615. The Morgan fingerprint density at radius 1 is 1.47 bits per heavy atom. The molecule has 1 N–H and O–H groups in total. The van der Waals surface area contributed by atoms with Crippen LogP contribution in [-0.2, 0) is 6.54 Å². The molecule has 0 aliphatic heterocycles. The summed E-state index contributed by atoms with van der Waals surface area (Å²) in [5, 5.41) is 3.03. The molecule has 1 atom stereocenters. The summed E-state index contributed by atoms with van der Waals surface area (Å²) in [6, 6.07) is 4.78. The summed E-state index contributed by atoms with van der Waals surface area (Å²) in [6.07, 6.45) is 5.34. The van der Waals surface area contributed by atoms with Gasteiger partial charge in [0.2, 0.25) is 0 Å². The molecule has 1 rings (SSSR count). The Bertz CT molecular complexity index is 313. The van der Waals surface area contributed by atoms with Crippen molar-refractivity contribution in [1.82, 2.24) is 9.88 Å². The van der Waals surface area contributed by atoms with Gasteiger partial charge in [-0.1, -0.05) is 6.07 Å². The molecule has 0 fully saturated rings. The molecule has 0 amide bonds. The normalized spacial score (nSPS) is 12.8. The molecule has 0 saturated carbocycles. The minimum absolute atomic E-state index is 0.617. The molecule has 4 heteroatoms. The zero-order valence-corrected chi connectivity index (χ0v) is 12.0. The first-order chi connectivity index (χ1) is 8.17. The van der Waals surface area contributed by atoms with Crippen LogP contribution in [0.1, 0.15) is 18.9 Å². The third kappa shape index (κ3) is 4.96. The summed E-state index contributed by atoms with van der Waals surface area (Å²) in [5.74, 6) is 2.15. The van der Waals surface area contributed by atoms with E-state index in [4.69, 9.17) is 0 Å². The number of pyridine rings is 1. The largest absolute Gasteiger partial charge is 0.373 e. The average Bonchev–Trinajstić information content (AvgIpc) is 2.36. The van der Waals surface area contributed by atoms with Crippen LogP contribution in [0.25, 0.3) is 0 Å². The number of anilines is 1. The number of rotatable bonds is 7. The van der Waals surface area contributed by atoms with Crippen molar-refractivity contribution in [3.05, 3.63) is 23.9 Å². The second kappa shape index (κ2) is 7.56. The van der Waals surface area contributed by atoms with E-state index in [9.17, 15) is 0 Å². The van der Waals surface area contributed by atoms with Crippen LogP contribution in [0.5, 0.6) is 0 Å². The van der Waals surface area contributed by atoms with Gasteiger partial charge in [-0.2, -0.15) is 11.8 Å². The lowest BCUT2D eigenvalue weighted by Gasteiger charge is -2.24. The number of hydrogen-bond donors (Lipinski definition) is 1. The molecule has 96 valence electrons. The molecule has 1 heterocycles. The van der Waals surface area contributed by atoms with Gasteiger partial charge in [-0.25, -0.2) is 4.98 Å². The smallest absolute Gasteiger partial charge is 0.125 e. The molecule has 0 radical (unpaired) electrons. The number of nitrogens with one attached hydrogen (secondary N) is 1. The Morgan fingerprint density at radius 3 is 2.76 bits per heavy atom. The minimum atomic E-state index is 0.617. The molecule has 1 aromatic rings. The van der Waals surface area contributed by atoms with Gasteiger partial charge in [-0.3, -0.25) is 4.90 Å². The maximum absolute atomic E-state index is 4.33. The number of nitrogens with zero attached hydrogens (tertiary/aromatic N) is 2. The van der Waals surface area contributed by atoms with Crippen LogP contribution in [-0.4, -0.2) is 42.0 Å². The van der Waals surface area contributed by atoms with Crippen LogP contribution in [0.2, 0.25) is 0 Å². The second-order valence-electron chi connectivity index (χ2n) is 4.35. The number of hydrogen-bond acceptors (Lipinski definition) is 4. The van der Waals surface area contributed by atoms with E-state index in [1.807, 2.05) is 31.1 Å². The molecule has 3 nitrogen and oxygen atoms in total. The van der Waals surface area contributed by atoms with Gasteiger partial charge in [0.15, 0.2) is 0 Å². The van der Waals surface area contributed by atoms with E-state index in [0.29, 0.717) is 6.04 Å². The van der Waals surface area contributed by atoms with Crippen LogP contribution >= 0.6 is 11.8 Å². The molecule has 0 spiro atoms. The van der Waals surface area contributed by atoms with Crippen molar-refractivity contribution in [2.24, 2.45) is 0 Å². The van der Waals surface area contributed by atoms with Gasteiger partial charge in [0.25, 0.3) is 0 Å². The van der Waals surface area contributed by atoms with Crippen molar-refractivity contribution in [3.8, 4) is 0 Å². The second-order valence-corrected chi connectivity index (χ2v) is 5.33. The van der Waals surface area contributed by atoms with Crippen molar-refractivity contribution in [1.29, 1.82) is 0 Å². The predicted octanol–water partition coefficient (Wildman–Crippen LogP) is 2.70. The monoisotopic (exact) mass is 253 g/mol. The van der Waals surface area contributed by atoms with Crippen molar-refractivity contribution in [2.45, 2.75) is 25.9 Å². The Labute approximate surface area is 109 Å². The number of thioether (sulfide) groups is 1. The highest BCUT2D eigenvalue weighted by atomic mass is 32.2. The SMILES string of the molecule is CNc1ccc(CN(C)C(C)CCSC)cn1. The molecular formula is C13H23N3S. The summed E-state index contributed by atoms with van der Waals surface area (Å²) in [7, 11) is 4.07. The predicted molar refractivity (Wildman–Crippen MR) is 77.7 cm³/mol. The lowest BCUT2D eigenvalue weighted by Crippen LogP contribution is -2.29. The quantitative estimate of drug-likeness (QED) is 0.809. The number of aromatic nitrogens is 1. The molecule has 0 aliphatic rings. The first kappa shape index (κ1) is 14.3. The van der Waals surface area contributed by atoms with E-state index < -0.39 is 0 Å². The maximum atomic E-state index is 4.33. The fourth-order valence-corrected chi connectivity index (χ4v) is 2.20. The molecule has 0 bridgehead atoms. The van der Waals surface area contributed by atoms with E-state index in [1.165, 1.54) is 17.7 Å². The zero-order chi connectivity index (χ0) is 12.7. The van der Waals surface area contributed by atoms with Crippen LogP contribution in [0.4, 0.5) is 5.82 Å². The third-order valence-corrected chi connectivity index (χ3v) is 3.65. The summed E-state index contributed by atoms with van der Waals surface area (Å²) in [5.41, 5.74) is 1.27. The van der Waals surface area contributed by atoms with Gasteiger partial charge >= 0.3 is 0 Å². The fourth-order valence-electron chi connectivity index (χ4n) is 1.62. The van der Waals surface area contributed by atoms with Crippen molar-refractivity contribution >= 4 is 17.6 Å². The van der Waals surface area contributed by atoms with Crippen LogP contribution in [0, 0.1) is 0 Å². The highest BCUT2D eigenvalue weighted by Gasteiger charge is 2.09. The zero-order valence-electron chi connectivity index (χ0n) is 11.2. The van der Waals surface area contributed by atoms with Crippen molar-refractivity contribution in [3.63, 3.8) is 0 Å². The van der Waals surface area contributed by atoms with Gasteiger partial charge in [0.05, 0.1) is 0 Å². The van der Waals surface area contributed by atoms with Crippen molar-refractivity contribution < 1.29 is 0 Å². The van der Waals surface area contributed by atoms with Gasteiger partial charge in [0.1, 0.15) is 5.82 Å². The molecular weight excluding hydrogens is 230 g/mol. The summed E-state index contributed by atoms with van der Waals surface area (Å²) < 4.78 is 0. The van der Waals surface area contributed by atoms with E-state index in [0.717, 1.165) is 12.4 Å². The summed E-state index contributed by atoms with van der Waals surface area (Å²) >= 11 is 1.91. The highest BCUT2D eigenvalue weighted by Crippen LogP contribution is 2.11. The third-order valence-electron chi connectivity index (χ3n) is 3.01. The lowest BCUT2D eigenvalue weighted by atomic mass is 10.2. The molecule has 17 heavy (non-hydrogen) atoms. The van der Waals surface area contributed by atoms with E-state index >= 15 is 0 Å². The molecule has 0 aliphatic carbocycles. The summed E-state index contributed by atoms with van der Waals surface area (Å²) in [4.78, 5) is 6.71. The first-order valence-corrected chi connectivity index (χ1v) is 7.38. The Morgan fingerprint density at radius 2 is 2.24 bits per heavy atom. The Balaban J connectivity index is 2.46. The maximum Gasteiger partial charge on any atom is 0.125 e. The molecule has 1 unspecified atom stereocenters. The Hall–Kier alpha value is -0.740. The van der Waals surface area contributed by atoms with Crippen LogP contribution in [0.15, 0.2) is 18.3 Å². The highest BCUT2D eigenvalue weighted by molar-refractivity contribution is 7.98. The van der Waals surface area contributed by atoms with Gasteiger partial charge < -0.3 is 5.32 Å². The molecule has 1 aromatic heterocycles. The lowest BCUT2D eigenvalue weighted by molar-refractivity contribution is 0.245. The molecule has 0 aromatic carbocycles. The first-order valence-electron chi connectivity index (χ1n) is 5.99. The van der Waals surface area contributed by atoms with E-state index in [-0.39, 0.29) is 0 Å². The van der Waals surface area contributed by atoms with Crippen molar-refractivity contribution in [2.75, 3.05) is 31.4 Å². The van der Waals surface area contributed by atoms with Gasteiger partial charge in [-0.15, -0.1) is 0 Å². The summed E-state index contributed by atoms with van der Waals surface area (Å²) in [6.45, 7) is 3.25.